The maximum absolute atomic E-state index is 6.02. The minimum absolute atomic E-state index is 0.216. The number of nitrogens with one attached hydrogen (secondary N) is 2. The Morgan fingerprint density at radius 2 is 2.26 bits per heavy atom. The van der Waals surface area contributed by atoms with E-state index < -0.39 is 0 Å². The van der Waals surface area contributed by atoms with Crippen molar-refractivity contribution in [3.05, 3.63) is 47.0 Å². The van der Waals surface area contributed by atoms with Crippen LogP contribution in [0.1, 0.15) is 43.1 Å². The van der Waals surface area contributed by atoms with Crippen molar-refractivity contribution < 1.29 is 0 Å². The Labute approximate surface area is 117 Å². The Hall–Kier alpha value is -1.39. The SMILES string of the molecule is CC(NC1CC(c2cccc(Cl)c2)C1)c1ncn[nH]1. The highest BCUT2D eigenvalue weighted by Gasteiger charge is 2.31. The van der Waals surface area contributed by atoms with Crippen molar-refractivity contribution in [1.29, 1.82) is 0 Å². The van der Waals surface area contributed by atoms with Gasteiger partial charge >= 0.3 is 0 Å². The first-order valence-corrected chi connectivity index (χ1v) is 6.97. The Balaban J connectivity index is 1.53. The molecule has 19 heavy (non-hydrogen) atoms. The standard InChI is InChI=1S/C14H17ClN4/c1-9(14-16-8-17-19-14)18-13-6-11(7-13)10-3-2-4-12(15)5-10/h2-5,8-9,11,13,18H,6-7H2,1H3,(H,16,17,19). The number of aromatic amines is 1. The average molecular weight is 277 g/mol. The summed E-state index contributed by atoms with van der Waals surface area (Å²) in [5.74, 6) is 1.52. The van der Waals surface area contributed by atoms with Crippen LogP contribution in [0, 0.1) is 0 Å². The number of nitrogens with zero attached hydrogens (tertiary/aromatic N) is 2. The quantitative estimate of drug-likeness (QED) is 0.902. The van der Waals surface area contributed by atoms with Crippen LogP contribution in [0.3, 0.4) is 0 Å². The minimum Gasteiger partial charge on any atom is -0.305 e. The van der Waals surface area contributed by atoms with Gasteiger partial charge in [-0.2, -0.15) is 5.10 Å². The van der Waals surface area contributed by atoms with Crippen molar-refractivity contribution in [2.75, 3.05) is 0 Å². The lowest BCUT2D eigenvalue weighted by Crippen LogP contribution is -2.41. The van der Waals surface area contributed by atoms with Crippen molar-refractivity contribution in [3.8, 4) is 0 Å². The predicted molar refractivity (Wildman–Crippen MR) is 75.1 cm³/mol. The summed E-state index contributed by atoms with van der Waals surface area (Å²) in [6, 6.07) is 8.94. The fraction of sp³-hybridized carbons (Fsp3) is 0.429. The van der Waals surface area contributed by atoms with E-state index in [1.54, 1.807) is 6.33 Å². The molecule has 2 aromatic rings. The van der Waals surface area contributed by atoms with Gasteiger partial charge in [0.25, 0.3) is 0 Å². The normalized spacial score (nSPS) is 23.9. The summed E-state index contributed by atoms with van der Waals surface area (Å²) in [6.45, 7) is 2.10. The molecule has 0 amide bonds. The van der Waals surface area contributed by atoms with Gasteiger partial charge in [0.05, 0.1) is 6.04 Å². The summed E-state index contributed by atoms with van der Waals surface area (Å²) in [5, 5.41) is 11.2. The Morgan fingerprint density at radius 3 is 2.95 bits per heavy atom. The van der Waals surface area contributed by atoms with Gasteiger partial charge in [-0.3, -0.25) is 5.10 Å². The Morgan fingerprint density at radius 1 is 1.42 bits per heavy atom. The van der Waals surface area contributed by atoms with Crippen molar-refractivity contribution in [2.45, 2.75) is 37.8 Å². The maximum atomic E-state index is 6.02. The zero-order chi connectivity index (χ0) is 13.2. The summed E-state index contributed by atoms with van der Waals surface area (Å²) in [4.78, 5) is 4.17. The zero-order valence-electron chi connectivity index (χ0n) is 10.8. The molecule has 2 N–H and O–H groups in total. The van der Waals surface area contributed by atoms with E-state index in [0.29, 0.717) is 12.0 Å². The molecule has 0 spiro atoms. The molecule has 100 valence electrons. The van der Waals surface area contributed by atoms with E-state index in [1.807, 2.05) is 12.1 Å². The van der Waals surface area contributed by atoms with Crippen LogP contribution in [0.2, 0.25) is 5.02 Å². The Kier molecular flexibility index (Phi) is 3.53. The second kappa shape index (κ2) is 5.31. The number of halogens is 1. The van der Waals surface area contributed by atoms with E-state index in [4.69, 9.17) is 11.6 Å². The zero-order valence-corrected chi connectivity index (χ0v) is 11.6. The highest BCUT2D eigenvalue weighted by atomic mass is 35.5. The van der Waals surface area contributed by atoms with Gasteiger partial charge in [-0.25, -0.2) is 4.98 Å². The first kappa shape index (κ1) is 12.6. The fourth-order valence-electron chi connectivity index (χ4n) is 2.64. The molecule has 1 unspecified atom stereocenters. The van der Waals surface area contributed by atoms with Crippen LogP contribution in [-0.4, -0.2) is 21.2 Å². The van der Waals surface area contributed by atoms with E-state index in [9.17, 15) is 0 Å². The Bertz CT molecular complexity index is 534. The lowest BCUT2D eigenvalue weighted by Gasteiger charge is -2.37. The van der Waals surface area contributed by atoms with Gasteiger partial charge in [0.15, 0.2) is 0 Å². The molecule has 4 nitrogen and oxygen atoms in total. The maximum Gasteiger partial charge on any atom is 0.141 e. The van der Waals surface area contributed by atoms with Gasteiger partial charge < -0.3 is 5.32 Å². The van der Waals surface area contributed by atoms with Crippen LogP contribution in [0.15, 0.2) is 30.6 Å². The topological polar surface area (TPSA) is 53.6 Å². The first-order valence-electron chi connectivity index (χ1n) is 6.59. The highest BCUT2D eigenvalue weighted by molar-refractivity contribution is 6.30. The number of aromatic nitrogens is 3. The summed E-state index contributed by atoms with van der Waals surface area (Å²) < 4.78 is 0. The summed E-state index contributed by atoms with van der Waals surface area (Å²) in [6.07, 6.45) is 3.85. The largest absolute Gasteiger partial charge is 0.305 e. The van der Waals surface area contributed by atoms with Crippen molar-refractivity contribution in [1.82, 2.24) is 20.5 Å². The molecule has 0 saturated heterocycles. The third kappa shape index (κ3) is 2.80. The molecule has 1 aliphatic rings. The molecule has 3 rings (SSSR count). The molecular formula is C14H17ClN4. The summed E-state index contributed by atoms with van der Waals surface area (Å²) >= 11 is 6.02. The third-order valence-corrected chi connectivity index (χ3v) is 4.02. The average Bonchev–Trinajstić information content (AvgIpc) is 2.86. The lowest BCUT2D eigenvalue weighted by atomic mass is 9.75. The molecule has 0 aliphatic heterocycles. The lowest BCUT2D eigenvalue weighted by molar-refractivity contribution is 0.268. The number of hydrogen-bond donors (Lipinski definition) is 2. The molecule has 1 saturated carbocycles. The number of rotatable bonds is 4. The molecule has 1 fully saturated rings. The molecular weight excluding hydrogens is 260 g/mol. The van der Waals surface area contributed by atoms with Gasteiger partial charge in [0.2, 0.25) is 0 Å². The molecule has 0 radical (unpaired) electrons. The van der Waals surface area contributed by atoms with E-state index in [0.717, 1.165) is 23.7 Å². The molecule has 1 heterocycles. The molecule has 1 aliphatic carbocycles. The van der Waals surface area contributed by atoms with Gasteiger partial charge in [-0.1, -0.05) is 23.7 Å². The highest BCUT2D eigenvalue weighted by Crippen LogP contribution is 2.38. The van der Waals surface area contributed by atoms with Gasteiger partial charge in [-0.05, 0) is 43.4 Å². The van der Waals surface area contributed by atoms with E-state index >= 15 is 0 Å². The van der Waals surface area contributed by atoms with E-state index in [2.05, 4.69) is 39.6 Å². The predicted octanol–water partition coefficient (Wildman–Crippen LogP) is 3.05. The fourth-order valence-corrected chi connectivity index (χ4v) is 2.84. The monoisotopic (exact) mass is 276 g/mol. The van der Waals surface area contributed by atoms with Crippen molar-refractivity contribution in [3.63, 3.8) is 0 Å². The van der Waals surface area contributed by atoms with Gasteiger partial charge in [-0.15, -0.1) is 0 Å². The molecule has 1 atom stereocenters. The van der Waals surface area contributed by atoms with Crippen LogP contribution in [-0.2, 0) is 0 Å². The second-order valence-corrected chi connectivity index (χ2v) is 5.62. The van der Waals surface area contributed by atoms with Crippen LogP contribution in [0.4, 0.5) is 0 Å². The van der Waals surface area contributed by atoms with Crippen LogP contribution >= 0.6 is 11.6 Å². The van der Waals surface area contributed by atoms with Crippen LogP contribution in [0.5, 0.6) is 0 Å². The van der Waals surface area contributed by atoms with Crippen molar-refractivity contribution in [2.24, 2.45) is 0 Å². The summed E-state index contributed by atoms with van der Waals surface area (Å²) in [5.41, 5.74) is 1.35. The van der Waals surface area contributed by atoms with E-state index in [1.165, 1.54) is 5.56 Å². The third-order valence-electron chi connectivity index (χ3n) is 3.79. The second-order valence-electron chi connectivity index (χ2n) is 5.18. The summed E-state index contributed by atoms with van der Waals surface area (Å²) in [7, 11) is 0. The minimum atomic E-state index is 0.216. The van der Waals surface area contributed by atoms with Gasteiger partial charge in [0, 0.05) is 11.1 Å². The number of H-pyrrole nitrogens is 1. The number of hydrogen-bond acceptors (Lipinski definition) is 3. The molecule has 1 aromatic carbocycles. The molecule has 0 bridgehead atoms. The van der Waals surface area contributed by atoms with Crippen LogP contribution in [0.25, 0.3) is 0 Å². The van der Waals surface area contributed by atoms with Crippen LogP contribution < -0.4 is 5.32 Å². The molecule has 1 aromatic heterocycles. The smallest absolute Gasteiger partial charge is 0.141 e. The van der Waals surface area contributed by atoms with Gasteiger partial charge in [0.1, 0.15) is 12.2 Å². The molecule has 5 heteroatoms. The van der Waals surface area contributed by atoms with Crippen molar-refractivity contribution >= 4 is 11.6 Å². The first-order chi connectivity index (χ1) is 9.22. The number of benzene rings is 1. The van der Waals surface area contributed by atoms with E-state index in [-0.39, 0.29) is 6.04 Å².